The van der Waals surface area contributed by atoms with Crippen molar-refractivity contribution in [2.24, 2.45) is 0 Å². The number of piperazine rings is 1. The van der Waals surface area contributed by atoms with Crippen LogP contribution in [0.5, 0.6) is 0 Å². The SMILES string of the molecule is CCN(CC)C(=O)CN1CCN(C(=O)Cc2ccc(Cl)c(Cl)c2)CC1. The maximum absolute atomic E-state index is 12.4. The van der Waals surface area contributed by atoms with Crippen LogP contribution in [0.15, 0.2) is 18.2 Å². The number of hydrogen-bond donors (Lipinski definition) is 0. The van der Waals surface area contributed by atoms with Crippen molar-refractivity contribution in [3.8, 4) is 0 Å². The zero-order valence-corrected chi connectivity index (χ0v) is 16.3. The highest BCUT2D eigenvalue weighted by Crippen LogP contribution is 2.23. The fourth-order valence-electron chi connectivity index (χ4n) is 2.96. The van der Waals surface area contributed by atoms with Crippen LogP contribution in [0.2, 0.25) is 10.0 Å². The van der Waals surface area contributed by atoms with Crippen molar-refractivity contribution in [1.82, 2.24) is 14.7 Å². The van der Waals surface area contributed by atoms with Gasteiger partial charge < -0.3 is 9.80 Å². The molecule has 1 aliphatic heterocycles. The number of rotatable bonds is 6. The monoisotopic (exact) mass is 385 g/mol. The van der Waals surface area contributed by atoms with Gasteiger partial charge in [-0.25, -0.2) is 0 Å². The van der Waals surface area contributed by atoms with E-state index in [-0.39, 0.29) is 11.8 Å². The van der Waals surface area contributed by atoms with E-state index < -0.39 is 0 Å². The Labute approximate surface area is 159 Å². The van der Waals surface area contributed by atoms with Gasteiger partial charge in [0.2, 0.25) is 11.8 Å². The van der Waals surface area contributed by atoms with E-state index in [1.807, 2.05) is 29.7 Å². The van der Waals surface area contributed by atoms with Crippen LogP contribution in [0.3, 0.4) is 0 Å². The average molecular weight is 386 g/mol. The molecule has 2 rings (SSSR count). The summed E-state index contributed by atoms with van der Waals surface area (Å²) in [5.41, 5.74) is 0.860. The third kappa shape index (κ3) is 5.59. The van der Waals surface area contributed by atoms with Crippen molar-refractivity contribution in [1.29, 1.82) is 0 Å². The molecule has 0 atom stereocenters. The minimum absolute atomic E-state index is 0.0770. The first kappa shape index (κ1) is 20.0. The molecular weight excluding hydrogens is 361 g/mol. The van der Waals surface area contributed by atoms with Crippen molar-refractivity contribution >= 4 is 35.0 Å². The molecule has 1 aromatic carbocycles. The van der Waals surface area contributed by atoms with Gasteiger partial charge in [0.1, 0.15) is 0 Å². The van der Waals surface area contributed by atoms with Crippen LogP contribution in [0, 0.1) is 0 Å². The molecule has 1 aliphatic rings. The summed E-state index contributed by atoms with van der Waals surface area (Å²) >= 11 is 11.9. The number of amides is 2. The van der Waals surface area contributed by atoms with Crippen molar-refractivity contribution in [2.75, 3.05) is 45.8 Å². The molecule has 0 spiro atoms. The maximum Gasteiger partial charge on any atom is 0.236 e. The summed E-state index contributed by atoms with van der Waals surface area (Å²) in [7, 11) is 0. The number of likely N-dealkylation sites (N-methyl/N-ethyl adjacent to an activating group) is 1. The number of halogens is 2. The Morgan fingerprint density at radius 1 is 1.04 bits per heavy atom. The molecule has 1 aromatic rings. The van der Waals surface area contributed by atoms with Gasteiger partial charge >= 0.3 is 0 Å². The van der Waals surface area contributed by atoms with Crippen LogP contribution >= 0.6 is 23.2 Å². The van der Waals surface area contributed by atoms with E-state index in [0.29, 0.717) is 36.1 Å². The third-order valence-electron chi connectivity index (χ3n) is 4.54. The Hall–Kier alpha value is -1.30. The van der Waals surface area contributed by atoms with Gasteiger partial charge in [-0.3, -0.25) is 14.5 Å². The molecule has 2 amide bonds. The lowest BCUT2D eigenvalue weighted by atomic mass is 10.1. The van der Waals surface area contributed by atoms with E-state index in [0.717, 1.165) is 31.7 Å². The van der Waals surface area contributed by atoms with Crippen LogP contribution in [-0.2, 0) is 16.0 Å². The second kappa shape index (κ2) is 9.41. The molecule has 0 bridgehead atoms. The molecule has 0 unspecified atom stereocenters. The van der Waals surface area contributed by atoms with Gasteiger partial charge in [0.15, 0.2) is 0 Å². The quantitative estimate of drug-likeness (QED) is 0.755. The topological polar surface area (TPSA) is 43.9 Å². The largest absolute Gasteiger partial charge is 0.342 e. The fourth-order valence-corrected chi connectivity index (χ4v) is 3.28. The molecule has 0 aliphatic carbocycles. The van der Waals surface area contributed by atoms with Crippen molar-refractivity contribution < 1.29 is 9.59 Å². The number of nitrogens with zero attached hydrogens (tertiary/aromatic N) is 3. The Morgan fingerprint density at radius 3 is 2.24 bits per heavy atom. The van der Waals surface area contributed by atoms with Crippen LogP contribution in [-0.4, -0.2) is 72.3 Å². The predicted octanol–water partition coefficient (Wildman–Crippen LogP) is 2.55. The van der Waals surface area contributed by atoms with Gasteiger partial charge in [-0.2, -0.15) is 0 Å². The lowest BCUT2D eigenvalue weighted by molar-refractivity contribution is -0.134. The average Bonchev–Trinajstić information content (AvgIpc) is 2.60. The molecule has 1 fully saturated rings. The highest BCUT2D eigenvalue weighted by molar-refractivity contribution is 6.42. The Bertz CT molecular complexity index is 612. The zero-order valence-electron chi connectivity index (χ0n) is 14.8. The second-order valence-electron chi connectivity index (χ2n) is 6.15. The lowest BCUT2D eigenvalue weighted by Gasteiger charge is -2.35. The molecule has 1 heterocycles. The van der Waals surface area contributed by atoms with Gasteiger partial charge in [-0.15, -0.1) is 0 Å². The Balaban J connectivity index is 1.82. The van der Waals surface area contributed by atoms with E-state index in [9.17, 15) is 9.59 Å². The van der Waals surface area contributed by atoms with Crippen LogP contribution in [0.4, 0.5) is 0 Å². The number of carbonyl (C=O) groups excluding carboxylic acids is 2. The molecule has 0 saturated carbocycles. The maximum atomic E-state index is 12.4. The predicted molar refractivity (Wildman–Crippen MR) is 101 cm³/mol. The van der Waals surface area contributed by atoms with Gasteiger partial charge in [0.25, 0.3) is 0 Å². The third-order valence-corrected chi connectivity index (χ3v) is 5.28. The van der Waals surface area contributed by atoms with E-state index in [4.69, 9.17) is 23.2 Å². The van der Waals surface area contributed by atoms with Gasteiger partial charge in [0.05, 0.1) is 23.0 Å². The normalized spacial score (nSPS) is 15.3. The molecule has 138 valence electrons. The number of benzene rings is 1. The van der Waals surface area contributed by atoms with Crippen molar-refractivity contribution in [3.63, 3.8) is 0 Å². The van der Waals surface area contributed by atoms with Crippen molar-refractivity contribution in [2.45, 2.75) is 20.3 Å². The Morgan fingerprint density at radius 2 is 1.68 bits per heavy atom. The van der Waals surface area contributed by atoms with E-state index in [2.05, 4.69) is 4.90 Å². The summed E-state index contributed by atoms with van der Waals surface area (Å²) in [5.74, 6) is 0.230. The van der Waals surface area contributed by atoms with Crippen LogP contribution in [0.1, 0.15) is 19.4 Å². The van der Waals surface area contributed by atoms with Crippen LogP contribution in [0.25, 0.3) is 0 Å². The summed E-state index contributed by atoms with van der Waals surface area (Å²) in [4.78, 5) is 30.4. The smallest absolute Gasteiger partial charge is 0.236 e. The fraction of sp³-hybridized carbons (Fsp3) is 0.556. The minimum Gasteiger partial charge on any atom is -0.342 e. The zero-order chi connectivity index (χ0) is 18.4. The molecular formula is C18H25Cl2N3O2. The standard InChI is InChI=1S/C18H25Cl2N3O2/c1-3-22(4-2)18(25)13-21-7-9-23(10-8-21)17(24)12-14-5-6-15(19)16(20)11-14/h5-6,11H,3-4,7-10,12-13H2,1-2H3. The minimum atomic E-state index is 0.0770. The molecule has 0 radical (unpaired) electrons. The van der Waals surface area contributed by atoms with E-state index in [1.165, 1.54) is 0 Å². The first-order valence-electron chi connectivity index (χ1n) is 8.66. The summed E-state index contributed by atoms with van der Waals surface area (Å²) in [6, 6.07) is 5.27. The van der Waals surface area contributed by atoms with Crippen LogP contribution < -0.4 is 0 Å². The molecule has 0 aromatic heterocycles. The summed E-state index contributed by atoms with van der Waals surface area (Å²) in [6.07, 6.45) is 0.315. The highest BCUT2D eigenvalue weighted by Gasteiger charge is 2.23. The molecule has 7 heteroatoms. The Kier molecular flexibility index (Phi) is 7.54. The van der Waals surface area contributed by atoms with Crippen molar-refractivity contribution in [3.05, 3.63) is 33.8 Å². The molecule has 5 nitrogen and oxygen atoms in total. The number of hydrogen-bond acceptors (Lipinski definition) is 3. The number of carbonyl (C=O) groups is 2. The second-order valence-corrected chi connectivity index (χ2v) is 6.96. The summed E-state index contributed by atoms with van der Waals surface area (Å²) in [6.45, 7) is 8.60. The first-order chi connectivity index (χ1) is 11.9. The van der Waals surface area contributed by atoms with Gasteiger partial charge in [-0.1, -0.05) is 29.3 Å². The summed E-state index contributed by atoms with van der Waals surface area (Å²) < 4.78 is 0. The van der Waals surface area contributed by atoms with Gasteiger partial charge in [-0.05, 0) is 31.5 Å². The molecule has 0 N–H and O–H groups in total. The van der Waals surface area contributed by atoms with Gasteiger partial charge in [0, 0.05) is 39.3 Å². The highest BCUT2D eigenvalue weighted by atomic mass is 35.5. The first-order valence-corrected chi connectivity index (χ1v) is 9.42. The lowest BCUT2D eigenvalue weighted by Crippen LogP contribution is -2.51. The van der Waals surface area contributed by atoms with E-state index in [1.54, 1.807) is 12.1 Å². The summed E-state index contributed by atoms with van der Waals surface area (Å²) in [5, 5.41) is 0.955. The molecule has 1 saturated heterocycles. The molecule has 25 heavy (non-hydrogen) atoms. The van der Waals surface area contributed by atoms with E-state index >= 15 is 0 Å².